The fourth-order valence-corrected chi connectivity index (χ4v) is 3.02. The van der Waals surface area contributed by atoms with Crippen molar-refractivity contribution >= 4 is 29.0 Å². The van der Waals surface area contributed by atoms with Crippen LogP contribution < -0.4 is 0 Å². The summed E-state index contributed by atoms with van der Waals surface area (Å²) < 4.78 is 0. The van der Waals surface area contributed by atoms with Crippen LogP contribution in [0.25, 0.3) is 0 Å². The Labute approximate surface area is 129 Å². The van der Waals surface area contributed by atoms with E-state index in [2.05, 4.69) is 25.0 Å². The molecule has 0 aliphatic rings. The summed E-state index contributed by atoms with van der Waals surface area (Å²) in [5.41, 5.74) is 0. The standard InChI is InChI=1S/C15H21NO2S2/c1-12(9-11-19-3)16(2)15(18)14-8-7-13(20-14)6-4-5-10-17/h7-8,12,17H,5,9-11H2,1-3H3. The molecule has 20 heavy (non-hydrogen) atoms. The lowest BCUT2D eigenvalue weighted by Gasteiger charge is -2.24. The second-order valence-electron chi connectivity index (χ2n) is 4.49. The van der Waals surface area contributed by atoms with Crippen molar-refractivity contribution in [3.8, 4) is 11.8 Å². The number of aliphatic hydroxyl groups is 1. The Hall–Kier alpha value is -0.960. The molecule has 0 bridgehead atoms. The van der Waals surface area contributed by atoms with Crippen LogP contribution in [-0.4, -0.2) is 47.6 Å². The summed E-state index contributed by atoms with van der Waals surface area (Å²) in [5, 5.41) is 8.68. The molecule has 1 N–H and O–H groups in total. The number of thiophene rings is 1. The lowest BCUT2D eigenvalue weighted by Crippen LogP contribution is -2.35. The Morgan fingerprint density at radius 2 is 2.30 bits per heavy atom. The van der Waals surface area contributed by atoms with Gasteiger partial charge in [-0.2, -0.15) is 11.8 Å². The van der Waals surface area contributed by atoms with Crippen molar-refractivity contribution in [2.75, 3.05) is 25.7 Å². The van der Waals surface area contributed by atoms with Gasteiger partial charge < -0.3 is 10.0 Å². The van der Waals surface area contributed by atoms with E-state index < -0.39 is 0 Å². The molecule has 1 rings (SSSR count). The smallest absolute Gasteiger partial charge is 0.263 e. The summed E-state index contributed by atoms with van der Waals surface area (Å²) in [5.74, 6) is 6.94. The molecule has 1 atom stereocenters. The Morgan fingerprint density at radius 1 is 1.55 bits per heavy atom. The monoisotopic (exact) mass is 311 g/mol. The molecule has 1 amide bonds. The summed E-state index contributed by atoms with van der Waals surface area (Å²) in [4.78, 5) is 15.7. The average Bonchev–Trinajstić information content (AvgIpc) is 2.92. The first-order chi connectivity index (χ1) is 9.60. The van der Waals surface area contributed by atoms with Crippen molar-refractivity contribution in [2.45, 2.75) is 25.8 Å². The lowest BCUT2D eigenvalue weighted by molar-refractivity contribution is 0.0746. The van der Waals surface area contributed by atoms with E-state index in [1.54, 1.807) is 16.7 Å². The van der Waals surface area contributed by atoms with Crippen molar-refractivity contribution in [1.82, 2.24) is 4.90 Å². The van der Waals surface area contributed by atoms with Crippen molar-refractivity contribution in [3.63, 3.8) is 0 Å². The third-order valence-electron chi connectivity index (χ3n) is 2.99. The fourth-order valence-electron chi connectivity index (χ4n) is 1.58. The van der Waals surface area contributed by atoms with E-state index in [1.807, 2.05) is 19.2 Å². The number of carbonyl (C=O) groups is 1. The van der Waals surface area contributed by atoms with Gasteiger partial charge in [0.15, 0.2) is 0 Å². The van der Waals surface area contributed by atoms with Gasteiger partial charge >= 0.3 is 0 Å². The van der Waals surface area contributed by atoms with Crippen molar-refractivity contribution < 1.29 is 9.90 Å². The molecule has 0 saturated heterocycles. The molecule has 1 unspecified atom stereocenters. The number of nitrogens with zero attached hydrogens (tertiary/aromatic N) is 1. The van der Waals surface area contributed by atoms with Crippen LogP contribution in [0.15, 0.2) is 12.1 Å². The summed E-state index contributed by atoms with van der Waals surface area (Å²) in [6, 6.07) is 3.93. The SMILES string of the molecule is CSCCC(C)N(C)C(=O)c1ccc(C#CCCO)s1. The predicted molar refractivity (Wildman–Crippen MR) is 87.5 cm³/mol. The molecule has 0 aliphatic carbocycles. The van der Waals surface area contributed by atoms with E-state index in [4.69, 9.17) is 5.11 Å². The van der Waals surface area contributed by atoms with Gasteiger partial charge in [0.2, 0.25) is 0 Å². The second-order valence-corrected chi connectivity index (χ2v) is 6.56. The van der Waals surface area contributed by atoms with Gasteiger partial charge in [0, 0.05) is 19.5 Å². The first-order valence-electron chi connectivity index (χ1n) is 6.55. The third kappa shape index (κ3) is 5.20. The number of aliphatic hydroxyl groups excluding tert-OH is 1. The molecule has 0 saturated carbocycles. The molecular weight excluding hydrogens is 290 g/mol. The van der Waals surface area contributed by atoms with E-state index in [0.717, 1.165) is 21.9 Å². The van der Waals surface area contributed by atoms with Crippen LogP contribution in [0.2, 0.25) is 0 Å². The van der Waals surface area contributed by atoms with Crippen LogP contribution in [0.1, 0.15) is 34.3 Å². The summed E-state index contributed by atoms with van der Waals surface area (Å²) in [6.07, 6.45) is 3.54. The zero-order valence-electron chi connectivity index (χ0n) is 12.2. The summed E-state index contributed by atoms with van der Waals surface area (Å²) in [6.45, 7) is 2.14. The minimum Gasteiger partial charge on any atom is -0.395 e. The van der Waals surface area contributed by atoms with Crippen molar-refractivity contribution in [3.05, 3.63) is 21.9 Å². The molecule has 1 aromatic heterocycles. The highest BCUT2D eigenvalue weighted by atomic mass is 32.2. The molecule has 0 radical (unpaired) electrons. The van der Waals surface area contributed by atoms with E-state index in [1.165, 1.54) is 11.3 Å². The molecule has 1 heterocycles. The van der Waals surface area contributed by atoms with Gasteiger partial charge in [-0.05, 0) is 37.5 Å². The number of thioether (sulfide) groups is 1. The minimum atomic E-state index is 0.0545. The number of rotatable bonds is 6. The fraction of sp³-hybridized carbons (Fsp3) is 0.533. The second kappa shape index (κ2) is 9.06. The number of carbonyl (C=O) groups excluding carboxylic acids is 1. The molecular formula is C15H21NO2S2. The first kappa shape index (κ1) is 17.1. The topological polar surface area (TPSA) is 40.5 Å². The predicted octanol–water partition coefficient (Wildman–Crippen LogP) is 2.70. The highest BCUT2D eigenvalue weighted by Crippen LogP contribution is 2.19. The Balaban J connectivity index is 2.66. The van der Waals surface area contributed by atoms with Crippen LogP contribution in [0.3, 0.4) is 0 Å². The summed E-state index contributed by atoms with van der Waals surface area (Å²) in [7, 11) is 1.85. The summed E-state index contributed by atoms with van der Waals surface area (Å²) >= 11 is 3.21. The van der Waals surface area contributed by atoms with Crippen LogP contribution in [0, 0.1) is 11.8 Å². The zero-order chi connectivity index (χ0) is 15.0. The van der Waals surface area contributed by atoms with Crippen LogP contribution in [0.4, 0.5) is 0 Å². The highest BCUT2D eigenvalue weighted by Gasteiger charge is 2.18. The van der Waals surface area contributed by atoms with Crippen LogP contribution in [-0.2, 0) is 0 Å². The Bertz CT molecular complexity index is 488. The van der Waals surface area contributed by atoms with Gasteiger partial charge in [0.1, 0.15) is 0 Å². The maximum atomic E-state index is 12.3. The van der Waals surface area contributed by atoms with Gasteiger partial charge in [-0.1, -0.05) is 11.8 Å². The molecule has 0 aromatic carbocycles. The van der Waals surface area contributed by atoms with Gasteiger partial charge in [0.05, 0.1) is 16.4 Å². The normalized spacial score (nSPS) is 11.6. The number of amides is 1. The van der Waals surface area contributed by atoms with Crippen molar-refractivity contribution in [2.24, 2.45) is 0 Å². The molecule has 0 aliphatic heterocycles. The number of hydrogen-bond acceptors (Lipinski definition) is 4. The molecule has 0 fully saturated rings. The first-order valence-corrected chi connectivity index (χ1v) is 8.76. The maximum Gasteiger partial charge on any atom is 0.263 e. The Kier molecular flexibility index (Phi) is 7.75. The Morgan fingerprint density at radius 3 is 2.95 bits per heavy atom. The van der Waals surface area contributed by atoms with Gasteiger partial charge in [0.25, 0.3) is 5.91 Å². The van der Waals surface area contributed by atoms with E-state index in [9.17, 15) is 4.79 Å². The average molecular weight is 311 g/mol. The van der Waals surface area contributed by atoms with E-state index >= 15 is 0 Å². The van der Waals surface area contributed by atoms with Gasteiger partial charge in [-0.25, -0.2) is 0 Å². The number of hydrogen-bond donors (Lipinski definition) is 1. The maximum absolute atomic E-state index is 12.3. The zero-order valence-corrected chi connectivity index (χ0v) is 13.8. The van der Waals surface area contributed by atoms with Gasteiger partial charge in [-0.3, -0.25) is 4.79 Å². The molecule has 0 spiro atoms. The highest BCUT2D eigenvalue weighted by molar-refractivity contribution is 7.98. The third-order valence-corrected chi connectivity index (χ3v) is 4.62. The van der Waals surface area contributed by atoms with E-state index in [0.29, 0.717) is 6.42 Å². The molecule has 110 valence electrons. The minimum absolute atomic E-state index is 0.0545. The van der Waals surface area contributed by atoms with Crippen molar-refractivity contribution in [1.29, 1.82) is 0 Å². The lowest BCUT2D eigenvalue weighted by atomic mass is 10.2. The molecule has 1 aromatic rings. The van der Waals surface area contributed by atoms with Gasteiger partial charge in [-0.15, -0.1) is 11.3 Å². The quantitative estimate of drug-likeness (QED) is 0.821. The molecule has 3 nitrogen and oxygen atoms in total. The molecule has 5 heteroatoms. The van der Waals surface area contributed by atoms with Crippen LogP contribution >= 0.6 is 23.1 Å². The largest absolute Gasteiger partial charge is 0.395 e. The van der Waals surface area contributed by atoms with E-state index in [-0.39, 0.29) is 18.6 Å². The van der Waals surface area contributed by atoms with Crippen LogP contribution in [0.5, 0.6) is 0 Å².